The number of hydrogen-bond donors (Lipinski definition) is 0. The highest BCUT2D eigenvalue weighted by atomic mass is 14.6. The molecule has 4 rings (SSSR count). The molecule has 0 aliphatic heterocycles. The van der Waals surface area contributed by atoms with Crippen LogP contribution < -0.4 is 0 Å². The maximum Gasteiger partial charge on any atom is -0.0287 e. The average Bonchev–Trinajstić information content (AvgIpc) is 2.47. The molecule has 132 valence electrons. The van der Waals surface area contributed by atoms with Gasteiger partial charge in [0.15, 0.2) is 0 Å². The molecule has 0 heterocycles. The van der Waals surface area contributed by atoms with Crippen LogP contribution in [0, 0.1) is 40.9 Å². The summed E-state index contributed by atoms with van der Waals surface area (Å²) < 4.78 is 0. The molecule has 4 saturated carbocycles. The van der Waals surface area contributed by atoms with Gasteiger partial charge in [-0.25, -0.2) is 0 Å². The average molecular weight is 317 g/mol. The van der Waals surface area contributed by atoms with Crippen LogP contribution in [0.15, 0.2) is 0 Å². The molecular formula is C23H40. The van der Waals surface area contributed by atoms with Crippen molar-refractivity contribution in [1.29, 1.82) is 0 Å². The molecule has 0 radical (unpaired) electrons. The van der Waals surface area contributed by atoms with Gasteiger partial charge in [0.25, 0.3) is 0 Å². The topological polar surface area (TPSA) is 0 Å². The zero-order valence-corrected chi connectivity index (χ0v) is 15.9. The van der Waals surface area contributed by atoms with Crippen LogP contribution in [0.5, 0.6) is 0 Å². The second-order valence-corrected chi connectivity index (χ2v) is 10.8. The van der Waals surface area contributed by atoms with Crippen LogP contribution in [0.4, 0.5) is 0 Å². The van der Waals surface area contributed by atoms with Crippen molar-refractivity contribution in [2.24, 2.45) is 40.9 Å². The molecule has 0 amide bonds. The maximum absolute atomic E-state index is 2.45. The summed E-state index contributed by atoms with van der Waals surface area (Å²) in [4.78, 5) is 0. The number of rotatable bonds is 4. The van der Waals surface area contributed by atoms with E-state index >= 15 is 0 Å². The molecule has 1 spiro atoms. The van der Waals surface area contributed by atoms with Crippen molar-refractivity contribution in [2.45, 2.75) is 104 Å². The highest BCUT2D eigenvalue weighted by Gasteiger charge is 2.52. The second kappa shape index (κ2) is 6.72. The van der Waals surface area contributed by atoms with E-state index in [9.17, 15) is 0 Å². The van der Waals surface area contributed by atoms with E-state index in [-0.39, 0.29) is 0 Å². The van der Waals surface area contributed by atoms with Gasteiger partial charge in [0, 0.05) is 0 Å². The largest absolute Gasteiger partial charge is 0.0625 e. The fourth-order valence-electron chi connectivity index (χ4n) is 7.07. The lowest BCUT2D eigenvalue weighted by molar-refractivity contribution is -0.0838. The first-order valence-electron chi connectivity index (χ1n) is 11.1. The standard InChI is InChI=1S/C23H40/c1-17-3-7-19(8-4-17)11-21-13-23(14-21)15-22(16-23)12-20-9-5-18(2)6-10-20/h17-22H,3-16H2,1-2H3. The smallest absolute Gasteiger partial charge is 0.0287 e. The summed E-state index contributed by atoms with van der Waals surface area (Å²) >= 11 is 0. The SMILES string of the molecule is CC1CCC(CC2CC3(C2)CC(CC2CCC(C)CC2)C3)CC1. The molecule has 0 saturated heterocycles. The molecule has 0 N–H and O–H groups in total. The van der Waals surface area contributed by atoms with Crippen molar-refractivity contribution >= 4 is 0 Å². The third-order valence-corrected chi connectivity index (χ3v) is 8.49. The molecule has 4 aliphatic rings. The molecule has 4 aliphatic carbocycles. The minimum Gasteiger partial charge on any atom is -0.0625 e. The van der Waals surface area contributed by atoms with Crippen LogP contribution in [0.25, 0.3) is 0 Å². The van der Waals surface area contributed by atoms with Gasteiger partial charge in [0.05, 0.1) is 0 Å². The van der Waals surface area contributed by atoms with Crippen molar-refractivity contribution in [2.75, 3.05) is 0 Å². The molecule has 0 nitrogen and oxygen atoms in total. The molecular weight excluding hydrogens is 276 g/mol. The Bertz CT molecular complexity index is 327. The summed E-state index contributed by atoms with van der Waals surface area (Å²) in [5.41, 5.74) is 0.874. The van der Waals surface area contributed by atoms with Gasteiger partial charge in [-0.05, 0) is 79.4 Å². The van der Waals surface area contributed by atoms with E-state index in [2.05, 4.69) is 13.8 Å². The van der Waals surface area contributed by atoms with E-state index in [1.54, 1.807) is 64.2 Å². The molecule has 23 heavy (non-hydrogen) atoms. The van der Waals surface area contributed by atoms with Crippen molar-refractivity contribution in [3.05, 3.63) is 0 Å². The highest BCUT2D eigenvalue weighted by molar-refractivity contribution is 5.03. The fraction of sp³-hybridized carbons (Fsp3) is 1.00. The molecule has 0 aromatic carbocycles. The lowest BCUT2D eigenvalue weighted by atomic mass is 9.46. The summed E-state index contributed by atoms with van der Waals surface area (Å²) in [6.45, 7) is 4.91. The van der Waals surface area contributed by atoms with Gasteiger partial charge in [-0.15, -0.1) is 0 Å². The van der Waals surface area contributed by atoms with E-state index in [0.29, 0.717) is 0 Å². The molecule has 0 heteroatoms. The third-order valence-electron chi connectivity index (χ3n) is 8.49. The van der Waals surface area contributed by atoms with Crippen molar-refractivity contribution in [3.8, 4) is 0 Å². The van der Waals surface area contributed by atoms with Gasteiger partial charge in [-0.3, -0.25) is 0 Å². The Balaban J connectivity index is 1.12. The van der Waals surface area contributed by atoms with E-state index in [1.807, 2.05) is 0 Å². The Kier molecular flexibility index (Phi) is 4.81. The summed E-state index contributed by atoms with van der Waals surface area (Å²) in [6, 6.07) is 0. The molecule has 4 fully saturated rings. The first-order chi connectivity index (χ1) is 11.1. The van der Waals surface area contributed by atoms with Gasteiger partial charge in [0.2, 0.25) is 0 Å². The van der Waals surface area contributed by atoms with Crippen LogP contribution in [0.2, 0.25) is 0 Å². The summed E-state index contributed by atoms with van der Waals surface area (Å²) in [5, 5.41) is 0. The quantitative estimate of drug-likeness (QED) is 0.513. The highest BCUT2D eigenvalue weighted by Crippen LogP contribution is 2.64. The Morgan fingerprint density at radius 1 is 0.522 bits per heavy atom. The predicted molar refractivity (Wildman–Crippen MR) is 99.4 cm³/mol. The Morgan fingerprint density at radius 2 is 0.870 bits per heavy atom. The zero-order valence-electron chi connectivity index (χ0n) is 15.9. The first kappa shape index (κ1) is 16.5. The van der Waals surface area contributed by atoms with Gasteiger partial charge in [0.1, 0.15) is 0 Å². The second-order valence-electron chi connectivity index (χ2n) is 10.8. The molecule has 0 unspecified atom stereocenters. The minimum atomic E-state index is 0.874. The zero-order chi connectivity index (χ0) is 15.9. The van der Waals surface area contributed by atoms with Gasteiger partial charge >= 0.3 is 0 Å². The van der Waals surface area contributed by atoms with Crippen molar-refractivity contribution in [3.63, 3.8) is 0 Å². The Labute approximate surface area is 145 Å². The van der Waals surface area contributed by atoms with Gasteiger partial charge in [-0.1, -0.05) is 65.2 Å². The van der Waals surface area contributed by atoms with Crippen LogP contribution >= 0.6 is 0 Å². The van der Waals surface area contributed by atoms with Crippen LogP contribution in [-0.2, 0) is 0 Å². The summed E-state index contributed by atoms with van der Waals surface area (Å²) in [7, 11) is 0. The normalized spacial score (nSPS) is 50.3. The predicted octanol–water partition coefficient (Wildman–Crippen LogP) is 7.23. The van der Waals surface area contributed by atoms with Crippen molar-refractivity contribution < 1.29 is 0 Å². The van der Waals surface area contributed by atoms with Crippen LogP contribution in [0.1, 0.15) is 104 Å². The van der Waals surface area contributed by atoms with Crippen LogP contribution in [0.3, 0.4) is 0 Å². The monoisotopic (exact) mass is 316 g/mol. The number of hydrogen-bond acceptors (Lipinski definition) is 0. The molecule has 0 aromatic heterocycles. The van der Waals surface area contributed by atoms with Gasteiger partial charge in [-0.2, -0.15) is 0 Å². The first-order valence-corrected chi connectivity index (χ1v) is 11.1. The van der Waals surface area contributed by atoms with Gasteiger partial charge < -0.3 is 0 Å². The van der Waals surface area contributed by atoms with Crippen LogP contribution in [-0.4, -0.2) is 0 Å². The minimum absolute atomic E-state index is 0.874. The third kappa shape index (κ3) is 3.82. The van der Waals surface area contributed by atoms with Crippen molar-refractivity contribution in [1.82, 2.24) is 0 Å². The van der Waals surface area contributed by atoms with E-state index in [0.717, 1.165) is 40.9 Å². The molecule has 0 bridgehead atoms. The van der Waals surface area contributed by atoms with E-state index in [1.165, 1.54) is 25.7 Å². The fourth-order valence-corrected chi connectivity index (χ4v) is 7.07. The maximum atomic E-state index is 2.45. The Morgan fingerprint density at radius 3 is 1.22 bits per heavy atom. The molecule has 0 atom stereocenters. The lowest BCUT2D eigenvalue weighted by Crippen LogP contribution is -2.48. The summed E-state index contributed by atoms with van der Waals surface area (Å²) in [6.07, 6.45) is 22.0. The molecule has 0 aromatic rings. The van der Waals surface area contributed by atoms with E-state index in [4.69, 9.17) is 0 Å². The Hall–Kier alpha value is 0. The van der Waals surface area contributed by atoms with E-state index < -0.39 is 0 Å². The summed E-state index contributed by atoms with van der Waals surface area (Å²) in [5.74, 6) is 6.51. The lowest BCUT2D eigenvalue weighted by Gasteiger charge is -2.59.